The highest BCUT2D eigenvalue weighted by Gasteiger charge is 2.24. The van der Waals surface area contributed by atoms with Crippen molar-refractivity contribution in [2.45, 2.75) is 41.5 Å². The second-order valence-corrected chi connectivity index (χ2v) is 33.6. The molecule has 0 aliphatic carbocycles. The molecular formula is C34H78F4O53P13-13. The summed E-state index contributed by atoms with van der Waals surface area (Å²) < 4.78 is 269. The van der Waals surface area contributed by atoms with Gasteiger partial charge in [0.1, 0.15) is 0 Å². The van der Waals surface area contributed by atoms with Gasteiger partial charge in [-0.1, -0.05) is 0 Å². The van der Waals surface area contributed by atoms with E-state index in [9.17, 15) is 141 Å². The van der Waals surface area contributed by atoms with Crippen LogP contribution in [-0.2, 0) is 145 Å². The van der Waals surface area contributed by atoms with Gasteiger partial charge in [-0.3, -0.25) is 76.9 Å². The maximum Gasteiger partial charge on any atom is 0.267 e. The lowest BCUT2D eigenvalue weighted by molar-refractivity contribution is -0.237. The van der Waals surface area contributed by atoms with Crippen LogP contribution < -0.4 is 63.6 Å². The Hall–Kier alpha value is 1.11. The zero-order chi connectivity index (χ0) is 83.2. The first kappa shape index (κ1) is 118. The first-order valence-electron chi connectivity index (χ1n) is 27.1. The topological polar surface area (TPSA) is 859 Å². The van der Waals surface area contributed by atoms with E-state index in [1.807, 2.05) is 0 Å². The molecule has 8 N–H and O–H groups in total. The Morgan fingerprint density at radius 3 is 0.452 bits per heavy atom. The zero-order valence-electron chi connectivity index (χ0n) is 54.6. The summed E-state index contributed by atoms with van der Waals surface area (Å²) in [5.41, 5.74) is 0. The van der Waals surface area contributed by atoms with Crippen molar-refractivity contribution in [3.8, 4) is 0 Å². The van der Waals surface area contributed by atoms with Gasteiger partial charge in [0.15, 0.2) is 0 Å². The highest BCUT2D eigenvalue weighted by atomic mass is 31.2. The molecule has 0 saturated carbocycles. The average molecular weight is 1810 g/mol. The number of hydrogen-bond donors (Lipinski definition) is 8. The maximum atomic E-state index is 13.4. The number of rotatable bonds is 53. The molecule has 0 amide bonds. The molecule has 0 aromatic heterocycles. The SMILES string of the molecule is CCOP(=O)([O-])O.CCOP(=O)([O-])O.CCOP(=O)([O-])O.CCOP(=O)([O-])O.CCOP(=O)([O-])O.CCOP(=O)([O-])O.O=P([O-])(O)OCC(CF)COP(=O)([O-])OCCOP(=O)([O-])OCC(CF)COP(=O)([O-])OCCOP(=O)([O-])OCC(CF)COP(=O)([O-])OCCOP(=O)([O-])OCC(CO)CF. The summed E-state index contributed by atoms with van der Waals surface area (Å²) >= 11 is 0. The molecule has 0 aromatic carbocycles. The van der Waals surface area contributed by atoms with Crippen LogP contribution in [0.2, 0.25) is 0 Å². The Morgan fingerprint density at radius 2 is 0.356 bits per heavy atom. The van der Waals surface area contributed by atoms with Crippen LogP contribution in [0.25, 0.3) is 0 Å². The molecule has 17 atom stereocenters. The van der Waals surface area contributed by atoms with E-state index < -0.39 is 245 Å². The minimum absolute atomic E-state index is 0.0166. The standard InChI is InChI=1S/C22H49F4O29P7.6C2H7O4P/c23-7-19(11-27)12-50-57(31,32)43-1-2-45-59(35,36)52-15-21(9-25)16-54-61(39,40)47-5-6-48-62(41,42)55-18-22(10-26)17-53-60(37,38)46-4-3-44-58(33,34)51-14-20(8-24)13-49-56(28,29)30;6*1-2-6-7(3,4)5/h19-22,27H,1-18H2,(H,31,32)(H,33,34)(H,35,36)(H,37,38)(H,39,40)(H,41,42)(H2,28,29,30);6*2H2,1H3,(H2,3,4,5)/p-13. The highest BCUT2D eigenvalue weighted by Crippen LogP contribution is 2.46. The lowest BCUT2D eigenvalue weighted by Gasteiger charge is -2.29. The summed E-state index contributed by atoms with van der Waals surface area (Å²) in [6, 6.07) is 0. The van der Waals surface area contributed by atoms with Gasteiger partial charge in [-0.05, 0) is 41.5 Å². The number of alkyl halides is 4. The molecule has 17 unspecified atom stereocenters. The van der Waals surface area contributed by atoms with Crippen LogP contribution >= 0.6 is 102 Å². The smallest absolute Gasteiger partial charge is 0.267 e. The Kier molecular flexibility index (Phi) is 70.0. The van der Waals surface area contributed by atoms with Crippen molar-refractivity contribution >= 4 is 102 Å². The molecule has 70 heteroatoms. The number of phosphoric ester groups is 13. The third-order valence-electron chi connectivity index (χ3n) is 7.91. The average Bonchev–Trinajstić information content (AvgIpc) is 0.910. The van der Waals surface area contributed by atoms with Crippen LogP contribution in [0.3, 0.4) is 0 Å². The molecule has 0 heterocycles. The first-order valence-corrected chi connectivity index (χ1v) is 46.4. The fraction of sp³-hybridized carbons (Fsp3) is 1.00. The Labute approximate surface area is 589 Å². The fourth-order valence-corrected chi connectivity index (χ4v) is 11.0. The molecule has 0 aromatic rings. The molecule has 0 fully saturated rings. The summed E-state index contributed by atoms with van der Waals surface area (Å²) in [4.78, 5) is 194. The van der Waals surface area contributed by atoms with Crippen molar-refractivity contribution in [2.24, 2.45) is 23.7 Å². The molecular weight excluding hydrogens is 1730 g/mol. The van der Waals surface area contributed by atoms with E-state index in [2.05, 4.69) is 86.0 Å². The van der Waals surface area contributed by atoms with Crippen molar-refractivity contribution in [1.29, 1.82) is 0 Å². The van der Waals surface area contributed by atoms with E-state index in [1.165, 1.54) is 41.5 Å². The predicted molar refractivity (Wildman–Crippen MR) is 306 cm³/mol. The normalized spacial score (nSPS) is 20.2. The lowest BCUT2D eigenvalue weighted by Crippen LogP contribution is -2.23. The first-order chi connectivity index (χ1) is 46.9. The molecule has 0 spiro atoms. The van der Waals surface area contributed by atoms with Crippen LogP contribution in [-0.4, -0.2) is 198 Å². The van der Waals surface area contributed by atoms with Crippen molar-refractivity contribution in [2.75, 3.05) is 159 Å². The second-order valence-electron chi connectivity index (χ2n) is 16.8. The Balaban J connectivity index is -0.000000354. The lowest BCUT2D eigenvalue weighted by atomic mass is 10.2. The number of phosphoric acid groups is 13. The van der Waals surface area contributed by atoms with Gasteiger partial charge < -0.3 is 189 Å². The van der Waals surface area contributed by atoms with Crippen molar-refractivity contribution in [3.63, 3.8) is 0 Å². The summed E-state index contributed by atoms with van der Waals surface area (Å²) in [5, 5.41) is 8.80. The van der Waals surface area contributed by atoms with Gasteiger partial charge in [0.05, 0.1) is 159 Å². The van der Waals surface area contributed by atoms with Crippen molar-refractivity contribution in [3.05, 3.63) is 0 Å². The largest absolute Gasteiger partial charge is 0.756 e. The molecule has 0 radical (unpaired) electrons. The molecule has 0 aliphatic heterocycles. The molecule has 0 rings (SSSR count). The minimum atomic E-state index is -5.37. The van der Waals surface area contributed by atoms with Crippen LogP contribution in [0.4, 0.5) is 17.6 Å². The number of halogens is 4. The van der Waals surface area contributed by atoms with Gasteiger partial charge in [0.25, 0.3) is 102 Å². The fourth-order valence-electron chi connectivity index (χ4n) is 4.03. The van der Waals surface area contributed by atoms with Crippen LogP contribution in [0.15, 0.2) is 0 Å². The van der Waals surface area contributed by atoms with Gasteiger partial charge in [-0.25, -0.2) is 0 Å². The third-order valence-corrected chi connectivity index (χ3v) is 17.7. The van der Waals surface area contributed by atoms with Gasteiger partial charge in [0, 0.05) is 23.7 Å². The quantitative estimate of drug-likeness (QED) is 0.0160. The molecule has 104 heavy (non-hydrogen) atoms. The Bertz CT molecular complexity index is 2640. The van der Waals surface area contributed by atoms with Gasteiger partial charge in [-0.15, -0.1) is 0 Å². The highest BCUT2D eigenvalue weighted by molar-refractivity contribution is 7.48. The summed E-state index contributed by atoms with van der Waals surface area (Å²) in [6.45, 7) is -10.8. The van der Waals surface area contributed by atoms with Crippen LogP contribution in [0.1, 0.15) is 41.5 Å². The summed E-state index contributed by atoms with van der Waals surface area (Å²) in [5.74, 6) is -5.89. The van der Waals surface area contributed by atoms with E-state index >= 15 is 0 Å². The van der Waals surface area contributed by atoms with Crippen molar-refractivity contribution < 1.29 is 266 Å². The molecule has 0 aliphatic rings. The van der Waals surface area contributed by atoms with E-state index in [4.69, 9.17) is 39.4 Å². The third kappa shape index (κ3) is 99.2. The Morgan fingerprint density at radius 1 is 0.231 bits per heavy atom. The zero-order valence-corrected chi connectivity index (χ0v) is 66.2. The van der Waals surface area contributed by atoms with Gasteiger partial charge in [0.2, 0.25) is 0 Å². The van der Waals surface area contributed by atoms with Gasteiger partial charge >= 0.3 is 0 Å². The van der Waals surface area contributed by atoms with Gasteiger partial charge in [-0.2, -0.15) is 0 Å². The van der Waals surface area contributed by atoms with Crippen molar-refractivity contribution in [1.82, 2.24) is 0 Å². The van der Waals surface area contributed by atoms with E-state index in [-0.39, 0.29) is 39.6 Å². The predicted octanol–water partition coefficient (Wildman–Crippen LogP) is -5.29. The number of aliphatic hydroxyl groups excluding tert-OH is 1. The number of aliphatic hydroxyl groups is 1. The summed E-state index contributed by atoms with van der Waals surface area (Å²) in [7, 11) is -63.4. The van der Waals surface area contributed by atoms with E-state index in [1.54, 1.807) is 0 Å². The molecule has 638 valence electrons. The molecule has 53 nitrogen and oxygen atoms in total. The van der Waals surface area contributed by atoms with Crippen LogP contribution in [0, 0.1) is 23.7 Å². The molecule has 0 bridgehead atoms. The molecule has 0 saturated heterocycles. The monoisotopic (exact) mass is 1810 g/mol. The summed E-state index contributed by atoms with van der Waals surface area (Å²) in [6.07, 6.45) is 0. The number of hydrogen-bond acceptors (Lipinski definition) is 46. The maximum absolute atomic E-state index is 13.4. The minimum Gasteiger partial charge on any atom is -0.756 e. The second kappa shape index (κ2) is 61.5. The van der Waals surface area contributed by atoms with E-state index in [0.717, 1.165) is 0 Å². The van der Waals surface area contributed by atoms with Crippen LogP contribution in [0.5, 0.6) is 0 Å². The van der Waals surface area contributed by atoms with E-state index in [0.29, 0.717) is 0 Å².